The van der Waals surface area contributed by atoms with Crippen molar-refractivity contribution in [3.8, 4) is 10.7 Å². The minimum absolute atomic E-state index is 0.204. The van der Waals surface area contributed by atoms with Gasteiger partial charge in [0.15, 0.2) is 5.82 Å². The summed E-state index contributed by atoms with van der Waals surface area (Å²) in [5.41, 5.74) is 0.922. The Bertz CT molecular complexity index is 891. The highest BCUT2D eigenvalue weighted by Gasteiger charge is 2.31. The molecule has 25 heavy (non-hydrogen) atoms. The van der Waals surface area contributed by atoms with Crippen molar-refractivity contribution in [1.82, 2.24) is 14.9 Å². The van der Waals surface area contributed by atoms with Crippen LogP contribution < -0.4 is 0 Å². The molecule has 2 aromatic heterocycles. The third-order valence-electron chi connectivity index (χ3n) is 4.29. The van der Waals surface area contributed by atoms with Crippen molar-refractivity contribution in [1.29, 1.82) is 0 Å². The first-order valence-electron chi connectivity index (χ1n) is 8.49. The van der Waals surface area contributed by atoms with Crippen molar-refractivity contribution in [3.05, 3.63) is 41.8 Å². The van der Waals surface area contributed by atoms with Gasteiger partial charge in [0.05, 0.1) is 16.1 Å². The Morgan fingerprint density at radius 3 is 2.80 bits per heavy atom. The van der Waals surface area contributed by atoms with Gasteiger partial charge in [0.2, 0.25) is 5.91 Å². The summed E-state index contributed by atoms with van der Waals surface area (Å²) in [6, 6.07) is 12.5. The quantitative estimate of drug-likeness (QED) is 0.475. The molecule has 1 fully saturated rings. The molecule has 4 nitrogen and oxygen atoms in total. The number of carbonyl (C=O) groups is 1. The van der Waals surface area contributed by atoms with Crippen LogP contribution >= 0.6 is 23.1 Å². The van der Waals surface area contributed by atoms with Gasteiger partial charge in [0.25, 0.3) is 0 Å². The van der Waals surface area contributed by atoms with Gasteiger partial charge < -0.3 is 4.90 Å². The number of amides is 1. The highest BCUT2D eigenvalue weighted by molar-refractivity contribution is 8.00. The maximum Gasteiger partial charge on any atom is 0.233 e. The Kier molecular flexibility index (Phi) is 4.72. The van der Waals surface area contributed by atoms with Gasteiger partial charge in [-0.15, -0.1) is 11.3 Å². The molecule has 128 valence electrons. The molecular formula is C19H19N3OS2. The first kappa shape index (κ1) is 16.5. The number of aromatic nitrogens is 2. The summed E-state index contributed by atoms with van der Waals surface area (Å²) in [6.45, 7) is 2.84. The van der Waals surface area contributed by atoms with Gasteiger partial charge in [-0.2, -0.15) is 0 Å². The van der Waals surface area contributed by atoms with E-state index in [4.69, 9.17) is 4.98 Å². The second-order valence-electron chi connectivity index (χ2n) is 6.05. The SMILES string of the molecule is CCN(C(=O)CSc1nc(-c2cccs2)nc2ccccc12)C1CC1. The zero-order chi connectivity index (χ0) is 17.2. The van der Waals surface area contributed by atoms with E-state index in [2.05, 4.69) is 11.9 Å². The van der Waals surface area contributed by atoms with Crippen LogP contribution in [0.5, 0.6) is 0 Å². The van der Waals surface area contributed by atoms with Crippen LogP contribution in [0.1, 0.15) is 19.8 Å². The lowest BCUT2D eigenvalue weighted by atomic mass is 10.2. The van der Waals surface area contributed by atoms with E-state index >= 15 is 0 Å². The van der Waals surface area contributed by atoms with E-state index in [9.17, 15) is 4.79 Å². The maximum absolute atomic E-state index is 12.5. The lowest BCUT2D eigenvalue weighted by Gasteiger charge is -2.20. The molecule has 0 aliphatic heterocycles. The minimum Gasteiger partial charge on any atom is -0.339 e. The molecule has 0 spiro atoms. The van der Waals surface area contributed by atoms with E-state index < -0.39 is 0 Å². The first-order chi connectivity index (χ1) is 12.3. The fraction of sp³-hybridized carbons (Fsp3) is 0.316. The third kappa shape index (κ3) is 3.55. The number of hydrogen-bond donors (Lipinski definition) is 0. The van der Waals surface area contributed by atoms with Gasteiger partial charge >= 0.3 is 0 Å². The summed E-state index contributed by atoms with van der Waals surface area (Å²) in [7, 11) is 0. The third-order valence-corrected chi connectivity index (χ3v) is 6.13. The maximum atomic E-state index is 12.5. The highest BCUT2D eigenvalue weighted by Crippen LogP contribution is 2.31. The van der Waals surface area contributed by atoms with Crippen LogP contribution in [0.15, 0.2) is 46.8 Å². The zero-order valence-electron chi connectivity index (χ0n) is 14.0. The Balaban J connectivity index is 1.62. The number of thiophene rings is 1. The Hall–Kier alpha value is -1.92. The Morgan fingerprint density at radius 2 is 2.08 bits per heavy atom. The smallest absolute Gasteiger partial charge is 0.233 e. The summed E-state index contributed by atoms with van der Waals surface area (Å²) >= 11 is 3.15. The predicted octanol–water partition coefficient (Wildman–Crippen LogP) is 4.46. The van der Waals surface area contributed by atoms with Gasteiger partial charge in [-0.05, 0) is 37.3 Å². The van der Waals surface area contributed by atoms with Crippen LogP contribution in [0.4, 0.5) is 0 Å². The molecule has 1 aromatic carbocycles. The number of hydrogen-bond acceptors (Lipinski definition) is 5. The van der Waals surface area contributed by atoms with E-state index in [1.165, 1.54) is 11.8 Å². The molecule has 0 bridgehead atoms. The van der Waals surface area contributed by atoms with Crippen molar-refractivity contribution in [3.63, 3.8) is 0 Å². The van der Waals surface area contributed by atoms with Crippen molar-refractivity contribution < 1.29 is 4.79 Å². The van der Waals surface area contributed by atoms with E-state index in [0.717, 1.165) is 46.0 Å². The first-order valence-corrected chi connectivity index (χ1v) is 10.4. The number of carbonyl (C=O) groups excluding carboxylic acids is 1. The van der Waals surface area contributed by atoms with Crippen LogP contribution in [0.3, 0.4) is 0 Å². The lowest BCUT2D eigenvalue weighted by Crippen LogP contribution is -2.34. The van der Waals surface area contributed by atoms with Crippen LogP contribution in [0, 0.1) is 0 Å². The second kappa shape index (κ2) is 7.14. The molecule has 1 saturated carbocycles. The van der Waals surface area contributed by atoms with Gasteiger partial charge in [0.1, 0.15) is 5.03 Å². The van der Waals surface area contributed by atoms with E-state index in [1.54, 1.807) is 11.3 Å². The standard InChI is InChI=1S/C19H19N3OS2/c1-2-22(13-9-10-13)17(23)12-25-19-14-6-3-4-7-15(14)20-18(21-19)16-8-5-11-24-16/h3-8,11,13H,2,9-10,12H2,1H3. The topological polar surface area (TPSA) is 46.1 Å². The van der Waals surface area contributed by atoms with Crippen LogP contribution in [-0.2, 0) is 4.79 Å². The summed E-state index contributed by atoms with van der Waals surface area (Å²) < 4.78 is 0. The molecule has 0 unspecified atom stereocenters. The van der Waals surface area contributed by atoms with E-state index in [-0.39, 0.29) is 5.91 Å². The fourth-order valence-corrected chi connectivity index (χ4v) is 4.47. The number of rotatable bonds is 6. The summed E-state index contributed by atoms with van der Waals surface area (Å²) in [5.74, 6) is 1.36. The number of nitrogens with zero attached hydrogens (tertiary/aromatic N) is 3. The number of thioether (sulfide) groups is 1. The molecule has 2 heterocycles. The number of para-hydroxylation sites is 1. The molecule has 1 aliphatic carbocycles. The molecule has 1 amide bonds. The zero-order valence-corrected chi connectivity index (χ0v) is 15.6. The molecule has 0 saturated heterocycles. The largest absolute Gasteiger partial charge is 0.339 e. The van der Waals surface area contributed by atoms with Crippen LogP contribution in [0.25, 0.3) is 21.6 Å². The fourth-order valence-electron chi connectivity index (χ4n) is 2.91. The molecule has 4 rings (SSSR count). The van der Waals surface area contributed by atoms with Gasteiger partial charge in [-0.25, -0.2) is 9.97 Å². The van der Waals surface area contributed by atoms with Crippen molar-refractivity contribution >= 4 is 39.9 Å². The Labute approximate surface area is 155 Å². The van der Waals surface area contributed by atoms with Crippen LogP contribution in [0.2, 0.25) is 0 Å². The van der Waals surface area contributed by atoms with Crippen molar-refractivity contribution in [2.24, 2.45) is 0 Å². The van der Waals surface area contributed by atoms with Gasteiger partial charge in [-0.1, -0.05) is 36.0 Å². The van der Waals surface area contributed by atoms with Gasteiger partial charge in [-0.3, -0.25) is 4.79 Å². The Morgan fingerprint density at radius 1 is 1.24 bits per heavy atom. The summed E-state index contributed by atoms with van der Waals surface area (Å²) in [5, 5.41) is 3.92. The van der Waals surface area contributed by atoms with Gasteiger partial charge in [0, 0.05) is 18.0 Å². The second-order valence-corrected chi connectivity index (χ2v) is 7.96. The summed E-state index contributed by atoms with van der Waals surface area (Å²) in [4.78, 5) is 25.0. The lowest BCUT2D eigenvalue weighted by molar-refractivity contribution is -0.128. The molecule has 0 N–H and O–H groups in total. The van der Waals surface area contributed by atoms with Crippen molar-refractivity contribution in [2.75, 3.05) is 12.3 Å². The van der Waals surface area contributed by atoms with E-state index in [0.29, 0.717) is 11.8 Å². The molecule has 3 aromatic rings. The number of benzene rings is 1. The molecule has 1 aliphatic rings. The average Bonchev–Trinajstić information content (AvgIpc) is 3.32. The normalized spacial score (nSPS) is 14.0. The molecule has 0 radical (unpaired) electrons. The molecular weight excluding hydrogens is 350 g/mol. The average molecular weight is 370 g/mol. The summed E-state index contributed by atoms with van der Waals surface area (Å²) in [6.07, 6.45) is 2.28. The van der Waals surface area contributed by atoms with E-state index in [1.807, 2.05) is 46.7 Å². The highest BCUT2D eigenvalue weighted by atomic mass is 32.2. The monoisotopic (exact) mass is 369 g/mol. The molecule has 6 heteroatoms. The van der Waals surface area contributed by atoms with Crippen LogP contribution in [-0.4, -0.2) is 39.1 Å². The minimum atomic E-state index is 0.204. The molecule has 0 atom stereocenters. The number of fused-ring (bicyclic) bond motifs is 1. The predicted molar refractivity (Wildman–Crippen MR) is 104 cm³/mol. The van der Waals surface area contributed by atoms with Crippen molar-refractivity contribution in [2.45, 2.75) is 30.8 Å².